The maximum absolute atomic E-state index is 10.8. The molecule has 0 saturated heterocycles. The van der Waals surface area contributed by atoms with Gasteiger partial charge in [0.05, 0.1) is 4.92 Å². The van der Waals surface area contributed by atoms with Gasteiger partial charge >= 0.3 is 5.97 Å². The third kappa shape index (κ3) is 3.12. The second-order valence-electron chi connectivity index (χ2n) is 3.76. The first-order valence-corrected chi connectivity index (χ1v) is 6.91. The summed E-state index contributed by atoms with van der Waals surface area (Å²) in [5.74, 6) is -0.965. The molecule has 0 bridgehead atoms. The predicted molar refractivity (Wildman–Crippen MR) is 73.2 cm³/mol. The van der Waals surface area contributed by atoms with Gasteiger partial charge in [-0.05, 0) is 18.6 Å². The second kappa shape index (κ2) is 5.41. The van der Waals surface area contributed by atoms with Gasteiger partial charge in [-0.2, -0.15) is 0 Å². The first-order chi connectivity index (χ1) is 8.97. The van der Waals surface area contributed by atoms with E-state index in [2.05, 4.69) is 0 Å². The van der Waals surface area contributed by atoms with E-state index in [9.17, 15) is 14.9 Å². The Labute approximate surface area is 117 Å². The summed E-state index contributed by atoms with van der Waals surface area (Å²) in [5.41, 5.74) is 0.945. The van der Waals surface area contributed by atoms with E-state index in [-0.39, 0.29) is 10.6 Å². The van der Waals surface area contributed by atoms with Gasteiger partial charge in [-0.1, -0.05) is 17.8 Å². The number of thiophene rings is 1. The van der Waals surface area contributed by atoms with Crippen molar-refractivity contribution in [3.05, 3.63) is 50.2 Å². The number of nitrogens with zero attached hydrogens (tertiary/aromatic N) is 1. The first kappa shape index (κ1) is 13.6. The molecule has 1 heterocycles. The summed E-state index contributed by atoms with van der Waals surface area (Å²) in [6, 6.07) is 6.20. The Morgan fingerprint density at radius 1 is 1.42 bits per heavy atom. The largest absolute Gasteiger partial charge is 0.477 e. The number of hydrogen-bond donors (Lipinski definition) is 1. The maximum Gasteiger partial charge on any atom is 0.345 e. The van der Waals surface area contributed by atoms with Gasteiger partial charge in [-0.3, -0.25) is 10.1 Å². The number of rotatable bonds is 4. The van der Waals surface area contributed by atoms with E-state index in [4.69, 9.17) is 5.11 Å². The normalized spacial score (nSPS) is 10.4. The van der Waals surface area contributed by atoms with E-state index >= 15 is 0 Å². The molecular weight excluding hydrogens is 286 g/mol. The molecule has 1 N–H and O–H groups in total. The standard InChI is InChI=1S/C12H9NO4S2/c1-7-2-3-8(13(16)17)4-10(7)19-9-5-11(12(14)15)18-6-9/h2-6H,1H3,(H,14,15). The number of carbonyl (C=O) groups is 1. The Hall–Kier alpha value is -1.86. The van der Waals surface area contributed by atoms with Crippen LogP contribution in [0.5, 0.6) is 0 Å². The highest BCUT2D eigenvalue weighted by Gasteiger charge is 2.12. The van der Waals surface area contributed by atoms with Crippen molar-refractivity contribution in [2.24, 2.45) is 0 Å². The number of hydrogen-bond acceptors (Lipinski definition) is 5. The SMILES string of the molecule is Cc1ccc([N+](=O)[O-])cc1Sc1csc(C(=O)O)c1. The van der Waals surface area contributed by atoms with E-state index in [0.29, 0.717) is 0 Å². The summed E-state index contributed by atoms with van der Waals surface area (Å²) in [5, 5.41) is 21.3. The lowest BCUT2D eigenvalue weighted by Gasteiger charge is -2.03. The van der Waals surface area contributed by atoms with Crippen molar-refractivity contribution in [3.8, 4) is 0 Å². The molecule has 0 fully saturated rings. The minimum atomic E-state index is -0.965. The third-order valence-corrected chi connectivity index (χ3v) is 4.60. The van der Waals surface area contributed by atoms with Gasteiger partial charge in [0.2, 0.25) is 0 Å². The average Bonchev–Trinajstić information content (AvgIpc) is 2.80. The molecule has 7 heteroatoms. The maximum atomic E-state index is 10.8. The summed E-state index contributed by atoms with van der Waals surface area (Å²) in [6.45, 7) is 1.86. The number of aromatic carboxylic acids is 1. The molecule has 0 aliphatic heterocycles. The zero-order valence-electron chi connectivity index (χ0n) is 9.82. The molecule has 5 nitrogen and oxygen atoms in total. The lowest BCUT2D eigenvalue weighted by Crippen LogP contribution is -1.90. The van der Waals surface area contributed by atoms with Crippen LogP contribution in [0.1, 0.15) is 15.2 Å². The lowest BCUT2D eigenvalue weighted by molar-refractivity contribution is -0.385. The number of carboxylic acids is 1. The van der Waals surface area contributed by atoms with Crippen molar-refractivity contribution in [3.63, 3.8) is 0 Å². The van der Waals surface area contributed by atoms with Crippen LogP contribution < -0.4 is 0 Å². The Balaban J connectivity index is 2.29. The molecule has 2 aromatic rings. The van der Waals surface area contributed by atoms with E-state index in [1.807, 2.05) is 6.92 Å². The van der Waals surface area contributed by atoms with Crippen LogP contribution in [0.15, 0.2) is 39.4 Å². The van der Waals surface area contributed by atoms with E-state index in [1.165, 1.54) is 23.9 Å². The molecule has 19 heavy (non-hydrogen) atoms. The highest BCUT2D eigenvalue weighted by Crippen LogP contribution is 2.35. The topological polar surface area (TPSA) is 80.4 Å². The number of aryl methyl sites for hydroxylation is 1. The van der Waals surface area contributed by atoms with Crippen molar-refractivity contribution in [1.29, 1.82) is 0 Å². The number of benzene rings is 1. The number of non-ortho nitro benzene ring substituents is 1. The molecule has 2 rings (SSSR count). The number of carboxylic acid groups (broad SMARTS) is 1. The summed E-state index contributed by atoms with van der Waals surface area (Å²) in [7, 11) is 0. The van der Waals surface area contributed by atoms with Crippen LogP contribution in [0.2, 0.25) is 0 Å². The quantitative estimate of drug-likeness (QED) is 0.685. The summed E-state index contributed by atoms with van der Waals surface area (Å²) in [4.78, 5) is 22.9. The fraction of sp³-hybridized carbons (Fsp3) is 0.0833. The molecule has 0 saturated carbocycles. The number of nitro groups is 1. The van der Waals surface area contributed by atoms with Gasteiger partial charge in [-0.25, -0.2) is 4.79 Å². The van der Waals surface area contributed by atoms with E-state index in [0.717, 1.165) is 26.7 Å². The Bertz CT molecular complexity index is 651. The van der Waals surface area contributed by atoms with Crippen molar-refractivity contribution in [2.45, 2.75) is 16.7 Å². The Kier molecular flexibility index (Phi) is 3.87. The molecule has 0 aliphatic rings. The van der Waals surface area contributed by atoms with Crippen LogP contribution in [0.25, 0.3) is 0 Å². The molecule has 0 amide bonds. The molecule has 1 aromatic heterocycles. The molecule has 0 aliphatic carbocycles. The average molecular weight is 295 g/mol. The summed E-state index contributed by atoms with van der Waals surface area (Å²) in [6.07, 6.45) is 0. The van der Waals surface area contributed by atoms with Crippen LogP contribution >= 0.6 is 23.1 Å². The molecule has 98 valence electrons. The van der Waals surface area contributed by atoms with Gasteiger partial charge in [0, 0.05) is 27.3 Å². The molecule has 0 unspecified atom stereocenters. The monoisotopic (exact) mass is 295 g/mol. The molecule has 1 aromatic carbocycles. The van der Waals surface area contributed by atoms with Crippen LogP contribution in [0.4, 0.5) is 5.69 Å². The van der Waals surface area contributed by atoms with E-state index in [1.54, 1.807) is 17.5 Å². The van der Waals surface area contributed by atoms with Crippen LogP contribution in [-0.4, -0.2) is 16.0 Å². The summed E-state index contributed by atoms with van der Waals surface area (Å²) < 4.78 is 0. The van der Waals surface area contributed by atoms with Crippen molar-refractivity contribution >= 4 is 34.8 Å². The number of nitro benzene ring substituents is 1. The van der Waals surface area contributed by atoms with Gasteiger partial charge < -0.3 is 5.11 Å². The van der Waals surface area contributed by atoms with Gasteiger partial charge in [0.25, 0.3) is 5.69 Å². The first-order valence-electron chi connectivity index (χ1n) is 5.22. The molecular formula is C12H9NO4S2. The van der Waals surface area contributed by atoms with Crippen molar-refractivity contribution < 1.29 is 14.8 Å². The molecule has 0 radical (unpaired) electrons. The Morgan fingerprint density at radius 3 is 2.74 bits per heavy atom. The zero-order chi connectivity index (χ0) is 14.0. The van der Waals surface area contributed by atoms with E-state index < -0.39 is 10.9 Å². The van der Waals surface area contributed by atoms with Crippen LogP contribution in [-0.2, 0) is 0 Å². The van der Waals surface area contributed by atoms with Crippen molar-refractivity contribution in [2.75, 3.05) is 0 Å². The molecule has 0 atom stereocenters. The van der Waals surface area contributed by atoms with Crippen molar-refractivity contribution in [1.82, 2.24) is 0 Å². The fourth-order valence-electron chi connectivity index (χ4n) is 1.42. The van der Waals surface area contributed by atoms with Crippen LogP contribution in [0.3, 0.4) is 0 Å². The third-order valence-electron chi connectivity index (χ3n) is 2.40. The lowest BCUT2D eigenvalue weighted by atomic mass is 10.2. The zero-order valence-corrected chi connectivity index (χ0v) is 11.5. The summed E-state index contributed by atoms with van der Waals surface area (Å²) >= 11 is 2.47. The smallest absolute Gasteiger partial charge is 0.345 e. The minimum Gasteiger partial charge on any atom is -0.477 e. The molecule has 0 spiro atoms. The predicted octanol–water partition coefficient (Wildman–Crippen LogP) is 3.81. The highest BCUT2D eigenvalue weighted by atomic mass is 32.2. The second-order valence-corrected chi connectivity index (χ2v) is 5.79. The highest BCUT2D eigenvalue weighted by molar-refractivity contribution is 7.99. The van der Waals surface area contributed by atoms with Gasteiger partial charge in [-0.15, -0.1) is 11.3 Å². The van der Waals surface area contributed by atoms with Gasteiger partial charge in [0.1, 0.15) is 4.88 Å². The Morgan fingerprint density at radius 2 is 2.16 bits per heavy atom. The van der Waals surface area contributed by atoms with Crippen LogP contribution in [0, 0.1) is 17.0 Å². The minimum absolute atomic E-state index is 0.0294. The van der Waals surface area contributed by atoms with Gasteiger partial charge in [0.15, 0.2) is 0 Å². The fourth-order valence-corrected chi connectivity index (χ4v) is 3.28.